The first kappa shape index (κ1) is 25.0. The van der Waals surface area contributed by atoms with Crippen molar-refractivity contribution >= 4 is 35.6 Å². The molecule has 30 heavy (non-hydrogen) atoms. The van der Waals surface area contributed by atoms with E-state index in [1.165, 1.54) is 12.1 Å². The van der Waals surface area contributed by atoms with Gasteiger partial charge in [0.25, 0.3) is 0 Å². The number of benzene rings is 1. The summed E-state index contributed by atoms with van der Waals surface area (Å²) in [6, 6.07) is 4.50. The Bertz CT molecular complexity index is 718. The van der Waals surface area contributed by atoms with Crippen molar-refractivity contribution in [2.45, 2.75) is 38.1 Å². The summed E-state index contributed by atoms with van der Waals surface area (Å²) in [6.45, 7) is 5.55. The minimum atomic E-state index is -4.43. The van der Waals surface area contributed by atoms with E-state index in [1.54, 1.807) is 13.1 Å². The molecular weight excluding hydrogens is 512 g/mol. The molecule has 1 atom stereocenters. The Morgan fingerprint density at radius 2 is 1.93 bits per heavy atom. The van der Waals surface area contributed by atoms with Crippen LogP contribution in [0.1, 0.15) is 30.9 Å². The van der Waals surface area contributed by atoms with E-state index in [1.807, 2.05) is 11.8 Å². The van der Waals surface area contributed by atoms with Gasteiger partial charge in [-0.2, -0.15) is 13.2 Å². The van der Waals surface area contributed by atoms with Crippen molar-refractivity contribution in [3.63, 3.8) is 0 Å². The highest BCUT2D eigenvalue weighted by atomic mass is 127. The van der Waals surface area contributed by atoms with Gasteiger partial charge in [0.05, 0.1) is 24.4 Å². The monoisotopic (exact) mass is 542 g/mol. The van der Waals surface area contributed by atoms with Crippen LogP contribution in [0.2, 0.25) is 0 Å². The number of nitrogens with one attached hydrogen (secondary N) is 2. The molecule has 1 aromatic rings. The number of alkyl halides is 3. The largest absolute Gasteiger partial charge is 0.416 e. The Kier molecular flexibility index (Phi) is 9.04. The molecule has 1 unspecified atom stereocenters. The number of hydrogen-bond acceptors (Lipinski definition) is 4. The molecule has 0 aliphatic carbocycles. The zero-order valence-corrected chi connectivity index (χ0v) is 19.7. The minimum absolute atomic E-state index is 0. The van der Waals surface area contributed by atoms with Crippen LogP contribution in [0.15, 0.2) is 23.2 Å². The normalized spacial score (nSPS) is 22.6. The van der Waals surface area contributed by atoms with Gasteiger partial charge in [0.2, 0.25) is 0 Å². The minimum Gasteiger partial charge on any atom is -0.378 e. The van der Waals surface area contributed by atoms with Gasteiger partial charge in [0, 0.05) is 45.5 Å². The van der Waals surface area contributed by atoms with E-state index >= 15 is 0 Å². The van der Waals surface area contributed by atoms with Gasteiger partial charge >= 0.3 is 6.18 Å². The van der Waals surface area contributed by atoms with Crippen molar-refractivity contribution in [3.05, 3.63) is 29.3 Å². The number of ether oxygens (including phenoxy) is 2. The molecule has 0 bridgehead atoms. The molecular formula is C20H30F3IN4O2. The van der Waals surface area contributed by atoms with Crippen molar-refractivity contribution in [3.8, 4) is 0 Å². The van der Waals surface area contributed by atoms with Crippen molar-refractivity contribution in [1.29, 1.82) is 0 Å². The molecule has 2 aliphatic rings. The lowest BCUT2D eigenvalue weighted by molar-refractivity contribution is -0.138. The highest BCUT2D eigenvalue weighted by Crippen LogP contribution is 2.35. The standard InChI is InChI=1S/C20H29F3N4O2.HI/c1-19(6-3-9-29-19)14-26-18(24-2)25-13-15-4-5-16(12-17(15)20(21,22)23)27-7-10-28-11-8-27;/h4-5,12H,3,6-11,13-14H2,1-2H3,(H2,24,25,26);1H. The summed E-state index contributed by atoms with van der Waals surface area (Å²) >= 11 is 0. The molecule has 2 N–H and O–H groups in total. The second-order valence-corrected chi connectivity index (χ2v) is 7.62. The number of morpholine rings is 1. The lowest BCUT2D eigenvalue weighted by Gasteiger charge is -2.30. The molecule has 170 valence electrons. The number of anilines is 1. The first-order chi connectivity index (χ1) is 13.8. The van der Waals surface area contributed by atoms with E-state index in [-0.39, 0.29) is 41.7 Å². The average Bonchev–Trinajstić information content (AvgIpc) is 3.15. The highest BCUT2D eigenvalue weighted by molar-refractivity contribution is 14.0. The summed E-state index contributed by atoms with van der Waals surface area (Å²) < 4.78 is 52.0. The van der Waals surface area contributed by atoms with E-state index in [0.29, 0.717) is 44.5 Å². The molecule has 3 rings (SSSR count). The molecule has 6 nitrogen and oxygen atoms in total. The summed E-state index contributed by atoms with van der Waals surface area (Å²) in [5.41, 5.74) is -0.149. The van der Waals surface area contributed by atoms with Crippen LogP contribution in [0.3, 0.4) is 0 Å². The second-order valence-electron chi connectivity index (χ2n) is 7.62. The predicted molar refractivity (Wildman–Crippen MR) is 122 cm³/mol. The molecule has 2 aliphatic heterocycles. The topological polar surface area (TPSA) is 58.1 Å². The SMILES string of the molecule is CN=C(NCc1ccc(N2CCOCC2)cc1C(F)(F)F)NCC1(C)CCCO1.I. The summed E-state index contributed by atoms with van der Waals surface area (Å²) in [5, 5.41) is 6.14. The Morgan fingerprint density at radius 1 is 1.20 bits per heavy atom. The van der Waals surface area contributed by atoms with Crippen LogP contribution >= 0.6 is 24.0 Å². The van der Waals surface area contributed by atoms with E-state index in [9.17, 15) is 13.2 Å². The van der Waals surface area contributed by atoms with Crippen molar-refractivity contribution < 1.29 is 22.6 Å². The lowest BCUT2D eigenvalue weighted by Crippen LogP contribution is -2.45. The fourth-order valence-corrected chi connectivity index (χ4v) is 3.65. The maximum Gasteiger partial charge on any atom is 0.416 e. The molecule has 2 fully saturated rings. The molecule has 0 aromatic heterocycles. The third-order valence-corrected chi connectivity index (χ3v) is 5.38. The maximum atomic E-state index is 13.7. The Balaban J connectivity index is 0.00000320. The van der Waals surface area contributed by atoms with E-state index < -0.39 is 11.7 Å². The highest BCUT2D eigenvalue weighted by Gasteiger charge is 2.34. The number of aliphatic imine (C=N–C) groups is 1. The second kappa shape index (κ2) is 10.9. The van der Waals surface area contributed by atoms with Crippen molar-refractivity contribution in [2.75, 3.05) is 51.4 Å². The Morgan fingerprint density at radius 3 is 2.53 bits per heavy atom. The van der Waals surface area contributed by atoms with Gasteiger partial charge in [0.1, 0.15) is 0 Å². The lowest BCUT2D eigenvalue weighted by atomic mass is 10.0. The number of rotatable bonds is 5. The number of guanidine groups is 1. The average molecular weight is 542 g/mol. The van der Waals surface area contributed by atoms with Crippen LogP contribution in [-0.2, 0) is 22.2 Å². The fourth-order valence-electron chi connectivity index (χ4n) is 3.65. The molecule has 10 heteroatoms. The molecule has 0 amide bonds. The van der Waals surface area contributed by atoms with Crippen molar-refractivity contribution in [1.82, 2.24) is 10.6 Å². The third-order valence-electron chi connectivity index (χ3n) is 5.38. The third kappa shape index (κ3) is 6.61. The summed E-state index contributed by atoms with van der Waals surface area (Å²) in [5.74, 6) is 0.451. The van der Waals surface area contributed by atoms with Gasteiger partial charge in [-0.05, 0) is 37.5 Å². The summed E-state index contributed by atoms with van der Waals surface area (Å²) in [4.78, 5) is 6.03. The zero-order chi connectivity index (χ0) is 20.9. The summed E-state index contributed by atoms with van der Waals surface area (Å²) in [6.07, 6.45) is -2.48. The first-order valence-electron chi connectivity index (χ1n) is 9.92. The van der Waals surface area contributed by atoms with Crippen LogP contribution in [0.4, 0.5) is 18.9 Å². The van der Waals surface area contributed by atoms with E-state index in [2.05, 4.69) is 15.6 Å². The van der Waals surface area contributed by atoms with Gasteiger partial charge in [-0.15, -0.1) is 24.0 Å². The van der Waals surface area contributed by atoms with Crippen LogP contribution < -0.4 is 15.5 Å². The number of nitrogens with zero attached hydrogens (tertiary/aromatic N) is 2. The molecule has 2 saturated heterocycles. The molecule has 2 heterocycles. The fraction of sp³-hybridized carbons (Fsp3) is 0.650. The van der Waals surface area contributed by atoms with Gasteiger partial charge in [-0.25, -0.2) is 0 Å². The molecule has 1 aromatic carbocycles. The molecule has 0 radical (unpaired) electrons. The van der Waals surface area contributed by atoms with Gasteiger partial charge in [-0.1, -0.05) is 6.07 Å². The van der Waals surface area contributed by atoms with Gasteiger partial charge in [-0.3, -0.25) is 4.99 Å². The summed E-state index contributed by atoms with van der Waals surface area (Å²) in [7, 11) is 1.60. The Labute approximate surface area is 192 Å². The predicted octanol–water partition coefficient (Wildman–Crippen LogP) is 3.39. The quantitative estimate of drug-likeness (QED) is 0.340. The van der Waals surface area contributed by atoms with Crippen LogP contribution in [-0.4, -0.2) is 58.1 Å². The smallest absolute Gasteiger partial charge is 0.378 e. The van der Waals surface area contributed by atoms with E-state index in [0.717, 1.165) is 19.4 Å². The number of hydrogen-bond donors (Lipinski definition) is 2. The maximum absolute atomic E-state index is 13.7. The van der Waals surface area contributed by atoms with Crippen molar-refractivity contribution in [2.24, 2.45) is 4.99 Å². The van der Waals surface area contributed by atoms with Gasteiger partial charge in [0.15, 0.2) is 5.96 Å². The molecule has 0 saturated carbocycles. The zero-order valence-electron chi connectivity index (χ0n) is 17.3. The Hall–Kier alpha value is -1.27. The van der Waals surface area contributed by atoms with Crippen LogP contribution in [0.5, 0.6) is 0 Å². The van der Waals surface area contributed by atoms with Crippen LogP contribution in [0, 0.1) is 0 Å². The van der Waals surface area contributed by atoms with E-state index in [4.69, 9.17) is 9.47 Å². The van der Waals surface area contributed by atoms with Crippen LogP contribution in [0.25, 0.3) is 0 Å². The number of halogens is 4. The van der Waals surface area contributed by atoms with Gasteiger partial charge < -0.3 is 25.0 Å². The first-order valence-corrected chi connectivity index (χ1v) is 9.92. The molecule has 0 spiro atoms.